The minimum absolute atomic E-state index is 1.09. The van der Waals surface area contributed by atoms with Crippen molar-refractivity contribution in [2.24, 2.45) is 0 Å². The van der Waals surface area contributed by atoms with E-state index in [1.54, 1.807) is 0 Å². The number of hydrogen-bond acceptors (Lipinski definition) is 1. The van der Waals surface area contributed by atoms with Crippen molar-refractivity contribution in [1.29, 1.82) is 0 Å². The van der Waals surface area contributed by atoms with Crippen LogP contribution in [0.4, 0.5) is 17.1 Å². The van der Waals surface area contributed by atoms with Crippen molar-refractivity contribution in [3.63, 3.8) is 0 Å². The standard InChI is InChI=1S/C54H37N/c1-3-15-38(16-4-1)44-33-45(39-17-5-2-6-18-39)36-48(35-44)55(46-31-29-41(30-32-46)50-28-14-21-40-19-7-9-24-49(40)50)47-23-13-22-42(34-47)54-37-43-20-8-10-25-51(43)52-26-11-12-27-53(52)54/h1-37H. The Labute approximate surface area is 322 Å². The molecule has 0 aliphatic rings. The van der Waals surface area contributed by atoms with Gasteiger partial charge < -0.3 is 4.90 Å². The summed E-state index contributed by atoms with van der Waals surface area (Å²) >= 11 is 0. The molecule has 0 aromatic heterocycles. The van der Waals surface area contributed by atoms with Crippen LogP contribution in [0.3, 0.4) is 0 Å². The number of nitrogens with zero attached hydrogens (tertiary/aromatic N) is 1. The predicted octanol–water partition coefficient (Wildman–Crippen LogP) is 15.3. The smallest absolute Gasteiger partial charge is 0.0473 e. The van der Waals surface area contributed by atoms with Crippen molar-refractivity contribution in [2.45, 2.75) is 0 Å². The zero-order valence-electron chi connectivity index (χ0n) is 30.3. The Morgan fingerprint density at radius 3 is 1.45 bits per heavy atom. The maximum Gasteiger partial charge on any atom is 0.0473 e. The molecule has 0 unspecified atom stereocenters. The van der Waals surface area contributed by atoms with Gasteiger partial charge in [-0.1, -0.05) is 176 Å². The van der Waals surface area contributed by atoms with E-state index in [0.717, 1.165) is 17.1 Å². The fourth-order valence-electron chi connectivity index (χ4n) is 8.15. The number of rotatable bonds is 7. The van der Waals surface area contributed by atoms with Crippen LogP contribution in [0.15, 0.2) is 224 Å². The minimum Gasteiger partial charge on any atom is -0.310 e. The van der Waals surface area contributed by atoms with Gasteiger partial charge in [0.2, 0.25) is 0 Å². The molecule has 10 aromatic carbocycles. The number of fused-ring (bicyclic) bond motifs is 4. The fourth-order valence-corrected chi connectivity index (χ4v) is 8.15. The molecule has 0 amide bonds. The highest BCUT2D eigenvalue weighted by atomic mass is 15.1. The monoisotopic (exact) mass is 699 g/mol. The molecule has 0 aliphatic carbocycles. The molecule has 0 fully saturated rings. The lowest BCUT2D eigenvalue weighted by Gasteiger charge is -2.28. The highest BCUT2D eigenvalue weighted by Gasteiger charge is 2.18. The van der Waals surface area contributed by atoms with Crippen molar-refractivity contribution >= 4 is 49.4 Å². The summed E-state index contributed by atoms with van der Waals surface area (Å²) in [4.78, 5) is 2.42. The van der Waals surface area contributed by atoms with E-state index in [-0.39, 0.29) is 0 Å². The van der Waals surface area contributed by atoms with Crippen LogP contribution >= 0.6 is 0 Å². The molecular weight excluding hydrogens is 663 g/mol. The number of hydrogen-bond donors (Lipinski definition) is 0. The topological polar surface area (TPSA) is 3.24 Å². The predicted molar refractivity (Wildman–Crippen MR) is 235 cm³/mol. The Hall–Kier alpha value is -7.22. The Kier molecular flexibility index (Phi) is 8.24. The van der Waals surface area contributed by atoms with Crippen LogP contribution in [0.1, 0.15) is 0 Å². The largest absolute Gasteiger partial charge is 0.310 e. The van der Waals surface area contributed by atoms with E-state index in [9.17, 15) is 0 Å². The Bertz CT molecular complexity index is 2900. The van der Waals surface area contributed by atoms with Gasteiger partial charge >= 0.3 is 0 Å². The average Bonchev–Trinajstić information content (AvgIpc) is 3.27. The third-order valence-electron chi connectivity index (χ3n) is 10.8. The summed E-state index contributed by atoms with van der Waals surface area (Å²) in [7, 11) is 0. The number of benzene rings is 10. The van der Waals surface area contributed by atoms with E-state index in [0.29, 0.717) is 0 Å². The van der Waals surface area contributed by atoms with Gasteiger partial charge in [-0.2, -0.15) is 0 Å². The second-order valence-electron chi connectivity index (χ2n) is 14.2. The molecule has 258 valence electrons. The van der Waals surface area contributed by atoms with Crippen LogP contribution in [0, 0.1) is 0 Å². The first-order valence-corrected chi connectivity index (χ1v) is 18.9. The van der Waals surface area contributed by atoms with Gasteiger partial charge in [0.05, 0.1) is 0 Å². The first-order valence-electron chi connectivity index (χ1n) is 18.9. The molecule has 0 N–H and O–H groups in total. The van der Waals surface area contributed by atoms with E-state index >= 15 is 0 Å². The van der Waals surface area contributed by atoms with Crippen molar-refractivity contribution in [2.75, 3.05) is 4.90 Å². The third kappa shape index (κ3) is 6.12. The SMILES string of the molecule is c1ccc(-c2cc(-c3ccccc3)cc(N(c3ccc(-c4cccc5ccccc45)cc3)c3cccc(-c4cc5ccccc5c5ccccc45)c3)c2)cc1. The molecule has 0 aliphatic heterocycles. The summed E-state index contributed by atoms with van der Waals surface area (Å²) in [6.07, 6.45) is 0. The van der Waals surface area contributed by atoms with Crippen molar-refractivity contribution in [3.05, 3.63) is 224 Å². The Morgan fingerprint density at radius 2 is 0.745 bits per heavy atom. The molecule has 0 radical (unpaired) electrons. The molecule has 0 saturated heterocycles. The molecule has 0 bridgehead atoms. The molecule has 10 aromatic rings. The van der Waals surface area contributed by atoms with Gasteiger partial charge in [-0.25, -0.2) is 0 Å². The van der Waals surface area contributed by atoms with Gasteiger partial charge in [0.15, 0.2) is 0 Å². The molecule has 0 heterocycles. The zero-order valence-corrected chi connectivity index (χ0v) is 30.3. The normalized spacial score (nSPS) is 11.3. The summed E-state index contributed by atoms with van der Waals surface area (Å²) in [6.45, 7) is 0. The summed E-state index contributed by atoms with van der Waals surface area (Å²) in [6, 6.07) is 81.5. The van der Waals surface area contributed by atoms with E-state index in [1.165, 1.54) is 76.8 Å². The lowest BCUT2D eigenvalue weighted by atomic mass is 9.93. The van der Waals surface area contributed by atoms with E-state index in [1.807, 2.05) is 0 Å². The minimum atomic E-state index is 1.09. The maximum absolute atomic E-state index is 2.42. The van der Waals surface area contributed by atoms with Crippen LogP contribution < -0.4 is 4.90 Å². The van der Waals surface area contributed by atoms with Crippen LogP contribution in [0.25, 0.3) is 76.8 Å². The van der Waals surface area contributed by atoms with Crippen molar-refractivity contribution in [3.8, 4) is 44.5 Å². The Balaban J connectivity index is 1.18. The van der Waals surface area contributed by atoms with E-state index in [2.05, 4.69) is 229 Å². The molecule has 1 heteroatoms. The Morgan fingerprint density at radius 1 is 0.218 bits per heavy atom. The van der Waals surface area contributed by atoms with E-state index in [4.69, 9.17) is 0 Å². The van der Waals surface area contributed by atoms with Gasteiger partial charge in [-0.3, -0.25) is 0 Å². The summed E-state index contributed by atoms with van der Waals surface area (Å²) < 4.78 is 0. The lowest BCUT2D eigenvalue weighted by molar-refractivity contribution is 1.28. The fraction of sp³-hybridized carbons (Fsp3) is 0. The summed E-state index contributed by atoms with van der Waals surface area (Å²) in [5.41, 5.74) is 12.8. The maximum atomic E-state index is 2.42. The highest BCUT2D eigenvalue weighted by Crippen LogP contribution is 2.43. The van der Waals surface area contributed by atoms with Gasteiger partial charge in [-0.15, -0.1) is 0 Å². The molecule has 55 heavy (non-hydrogen) atoms. The van der Waals surface area contributed by atoms with Crippen LogP contribution in [0.2, 0.25) is 0 Å². The average molecular weight is 700 g/mol. The highest BCUT2D eigenvalue weighted by molar-refractivity contribution is 6.14. The second kappa shape index (κ2) is 14.0. The van der Waals surface area contributed by atoms with Crippen LogP contribution in [0.5, 0.6) is 0 Å². The number of anilines is 3. The molecule has 1 nitrogen and oxygen atoms in total. The lowest BCUT2D eigenvalue weighted by Crippen LogP contribution is -2.10. The van der Waals surface area contributed by atoms with Crippen LogP contribution in [-0.4, -0.2) is 0 Å². The molecule has 10 rings (SSSR count). The molecule has 0 atom stereocenters. The van der Waals surface area contributed by atoms with Gasteiger partial charge in [0, 0.05) is 17.1 Å². The zero-order chi connectivity index (χ0) is 36.6. The first-order chi connectivity index (χ1) is 27.3. The van der Waals surface area contributed by atoms with Gasteiger partial charge in [0.25, 0.3) is 0 Å². The molecule has 0 saturated carbocycles. The van der Waals surface area contributed by atoms with Crippen molar-refractivity contribution in [1.82, 2.24) is 0 Å². The molecular formula is C54H37N. The summed E-state index contributed by atoms with van der Waals surface area (Å²) in [5, 5.41) is 7.54. The van der Waals surface area contributed by atoms with Gasteiger partial charge in [-0.05, 0) is 125 Å². The van der Waals surface area contributed by atoms with E-state index < -0.39 is 0 Å². The third-order valence-corrected chi connectivity index (χ3v) is 10.8. The first kappa shape index (κ1) is 32.4. The van der Waals surface area contributed by atoms with Gasteiger partial charge in [0.1, 0.15) is 0 Å². The quantitative estimate of drug-likeness (QED) is 0.150. The second-order valence-corrected chi connectivity index (χ2v) is 14.2. The summed E-state index contributed by atoms with van der Waals surface area (Å²) in [5.74, 6) is 0. The molecule has 0 spiro atoms. The van der Waals surface area contributed by atoms with Crippen LogP contribution in [-0.2, 0) is 0 Å². The van der Waals surface area contributed by atoms with Crippen molar-refractivity contribution < 1.29 is 0 Å².